The van der Waals surface area contributed by atoms with Crippen molar-refractivity contribution in [3.63, 3.8) is 0 Å². The molecule has 0 radical (unpaired) electrons. The summed E-state index contributed by atoms with van der Waals surface area (Å²) in [5.74, 6) is 0.0786. The van der Waals surface area contributed by atoms with Gasteiger partial charge in [0.1, 0.15) is 5.78 Å². The predicted molar refractivity (Wildman–Crippen MR) is 42.7 cm³/mol. The van der Waals surface area contributed by atoms with E-state index < -0.39 is 0 Å². The first-order chi connectivity index (χ1) is 4.33. The van der Waals surface area contributed by atoms with Crippen LogP contribution in [0.15, 0.2) is 0 Å². The molecule has 2 heteroatoms. The molecule has 2 nitrogen and oxygen atoms in total. The molecule has 0 aliphatic rings. The third-order valence-corrected chi connectivity index (χ3v) is 1.35. The number of carbonyl (C=O) groups is 1. The Morgan fingerprint density at radius 1 is 1.50 bits per heavy atom. The highest BCUT2D eigenvalue weighted by atomic mass is 16.1. The predicted octanol–water partition coefficient (Wildman–Crippen LogP) is 1.34. The lowest BCUT2D eigenvalue weighted by atomic mass is 9.87. The maximum atomic E-state index is 10.7. The van der Waals surface area contributed by atoms with E-state index in [2.05, 4.69) is 20.8 Å². The van der Waals surface area contributed by atoms with Crippen molar-refractivity contribution in [1.29, 1.82) is 0 Å². The molecule has 0 saturated heterocycles. The molecule has 0 aromatic carbocycles. The zero-order valence-corrected chi connectivity index (χ0v) is 7.27. The van der Waals surface area contributed by atoms with E-state index >= 15 is 0 Å². The minimum absolute atomic E-state index is 0.0786. The molecule has 0 aromatic rings. The van der Waals surface area contributed by atoms with Gasteiger partial charge in [-0.1, -0.05) is 20.8 Å². The number of hydrogen-bond acceptors (Lipinski definition) is 2. The highest BCUT2D eigenvalue weighted by molar-refractivity contribution is 5.81. The molecule has 0 aliphatic carbocycles. The van der Waals surface area contributed by atoms with Gasteiger partial charge in [-0.3, -0.25) is 4.79 Å². The highest BCUT2D eigenvalue weighted by Crippen LogP contribution is 2.19. The third kappa shape index (κ3) is 4.50. The van der Waals surface area contributed by atoms with E-state index in [9.17, 15) is 4.79 Å². The van der Waals surface area contributed by atoms with Crippen LogP contribution in [0.25, 0.3) is 0 Å². The summed E-state index contributed by atoms with van der Waals surface area (Å²) >= 11 is 0. The second-order valence-corrected chi connectivity index (χ2v) is 3.98. The Balaban J connectivity index is 3.80. The van der Waals surface area contributed by atoms with E-state index in [0.29, 0.717) is 0 Å². The Morgan fingerprint density at radius 2 is 1.90 bits per heavy atom. The van der Waals surface area contributed by atoms with E-state index in [1.165, 1.54) is 6.92 Å². The molecule has 10 heavy (non-hydrogen) atoms. The first kappa shape index (κ1) is 9.63. The SMILES string of the molecule is CC(=O)C(N)CC(C)(C)C. The highest BCUT2D eigenvalue weighted by Gasteiger charge is 2.17. The Kier molecular flexibility index (Phi) is 3.03. The van der Waals surface area contributed by atoms with Crippen LogP contribution in [-0.2, 0) is 4.79 Å². The fraction of sp³-hybridized carbons (Fsp3) is 0.875. The quantitative estimate of drug-likeness (QED) is 0.634. The summed E-state index contributed by atoms with van der Waals surface area (Å²) in [5.41, 5.74) is 5.71. The molecule has 0 heterocycles. The summed E-state index contributed by atoms with van der Waals surface area (Å²) in [4.78, 5) is 10.7. The smallest absolute Gasteiger partial charge is 0.146 e. The first-order valence-corrected chi connectivity index (χ1v) is 3.59. The largest absolute Gasteiger partial charge is 0.322 e. The standard InChI is InChI=1S/C8H17NO/c1-6(10)7(9)5-8(2,3)4/h7H,5,9H2,1-4H3. The van der Waals surface area contributed by atoms with E-state index in [-0.39, 0.29) is 17.2 Å². The van der Waals surface area contributed by atoms with Crippen molar-refractivity contribution in [1.82, 2.24) is 0 Å². The van der Waals surface area contributed by atoms with Crippen LogP contribution >= 0.6 is 0 Å². The number of hydrogen-bond donors (Lipinski definition) is 1. The Morgan fingerprint density at radius 3 is 2.00 bits per heavy atom. The monoisotopic (exact) mass is 143 g/mol. The second kappa shape index (κ2) is 3.15. The Bertz CT molecular complexity index is 124. The van der Waals surface area contributed by atoms with Crippen molar-refractivity contribution in [2.75, 3.05) is 0 Å². The van der Waals surface area contributed by atoms with Crippen molar-refractivity contribution >= 4 is 5.78 Å². The summed E-state index contributed by atoms with van der Waals surface area (Å²) < 4.78 is 0. The fourth-order valence-electron chi connectivity index (χ4n) is 0.803. The van der Waals surface area contributed by atoms with Gasteiger partial charge in [0.25, 0.3) is 0 Å². The van der Waals surface area contributed by atoms with Crippen LogP contribution in [-0.4, -0.2) is 11.8 Å². The summed E-state index contributed by atoms with van der Waals surface area (Å²) in [6.07, 6.45) is 0.766. The topological polar surface area (TPSA) is 43.1 Å². The maximum Gasteiger partial charge on any atom is 0.146 e. The molecule has 0 fully saturated rings. The number of carbonyl (C=O) groups excluding carboxylic acids is 1. The van der Waals surface area contributed by atoms with Crippen LogP contribution in [0.2, 0.25) is 0 Å². The van der Waals surface area contributed by atoms with Crippen molar-refractivity contribution in [2.45, 2.75) is 40.2 Å². The summed E-state index contributed by atoms with van der Waals surface area (Å²) in [7, 11) is 0. The van der Waals surface area contributed by atoms with Gasteiger partial charge in [0.2, 0.25) is 0 Å². The average Bonchev–Trinajstić information content (AvgIpc) is 1.60. The molecule has 0 aliphatic heterocycles. The van der Waals surface area contributed by atoms with Gasteiger partial charge in [-0.15, -0.1) is 0 Å². The van der Waals surface area contributed by atoms with Crippen molar-refractivity contribution in [2.24, 2.45) is 11.1 Å². The Hall–Kier alpha value is -0.370. The van der Waals surface area contributed by atoms with E-state index in [0.717, 1.165) is 6.42 Å². The lowest BCUT2D eigenvalue weighted by Gasteiger charge is -2.21. The molecule has 1 unspecified atom stereocenters. The molecule has 0 saturated carbocycles. The van der Waals surface area contributed by atoms with E-state index in [4.69, 9.17) is 5.73 Å². The van der Waals surface area contributed by atoms with Crippen LogP contribution in [0.4, 0.5) is 0 Å². The van der Waals surface area contributed by atoms with Gasteiger partial charge < -0.3 is 5.73 Å². The fourth-order valence-corrected chi connectivity index (χ4v) is 0.803. The number of rotatable bonds is 2. The third-order valence-electron chi connectivity index (χ3n) is 1.35. The van der Waals surface area contributed by atoms with Gasteiger partial charge in [-0.25, -0.2) is 0 Å². The summed E-state index contributed by atoms with van der Waals surface area (Å²) in [5, 5.41) is 0. The normalized spacial score (nSPS) is 14.9. The average molecular weight is 143 g/mol. The van der Waals surface area contributed by atoms with Crippen LogP contribution in [0.3, 0.4) is 0 Å². The van der Waals surface area contributed by atoms with Crippen LogP contribution < -0.4 is 5.73 Å². The lowest BCUT2D eigenvalue weighted by Crippen LogP contribution is -2.32. The zero-order valence-electron chi connectivity index (χ0n) is 7.27. The zero-order chi connectivity index (χ0) is 8.36. The van der Waals surface area contributed by atoms with Gasteiger partial charge in [0.05, 0.1) is 6.04 Å². The second-order valence-electron chi connectivity index (χ2n) is 3.98. The minimum atomic E-state index is -0.278. The minimum Gasteiger partial charge on any atom is -0.322 e. The van der Waals surface area contributed by atoms with Crippen molar-refractivity contribution in [3.05, 3.63) is 0 Å². The molecule has 0 bridgehead atoms. The van der Waals surface area contributed by atoms with Gasteiger partial charge in [-0.05, 0) is 18.8 Å². The first-order valence-electron chi connectivity index (χ1n) is 3.59. The molecule has 0 amide bonds. The van der Waals surface area contributed by atoms with Crippen LogP contribution in [0.1, 0.15) is 34.1 Å². The number of ketones is 1. The lowest BCUT2D eigenvalue weighted by molar-refractivity contribution is -0.118. The molecular weight excluding hydrogens is 126 g/mol. The van der Waals surface area contributed by atoms with Crippen LogP contribution in [0.5, 0.6) is 0 Å². The van der Waals surface area contributed by atoms with Gasteiger partial charge >= 0.3 is 0 Å². The van der Waals surface area contributed by atoms with Gasteiger partial charge in [0, 0.05) is 0 Å². The van der Waals surface area contributed by atoms with Gasteiger partial charge in [0.15, 0.2) is 0 Å². The van der Waals surface area contributed by atoms with E-state index in [1.54, 1.807) is 0 Å². The van der Waals surface area contributed by atoms with E-state index in [1.807, 2.05) is 0 Å². The summed E-state index contributed by atoms with van der Waals surface area (Å²) in [6, 6.07) is -0.278. The molecule has 60 valence electrons. The van der Waals surface area contributed by atoms with Crippen LogP contribution in [0, 0.1) is 5.41 Å². The maximum absolute atomic E-state index is 10.7. The molecule has 0 spiro atoms. The molecule has 0 rings (SSSR count). The number of Topliss-reactive ketones (excluding diaryl/α,β-unsaturated/α-hetero) is 1. The Labute approximate surface area is 62.8 Å². The van der Waals surface area contributed by atoms with Crippen molar-refractivity contribution in [3.8, 4) is 0 Å². The summed E-state index contributed by atoms with van der Waals surface area (Å²) in [6.45, 7) is 7.78. The number of nitrogens with two attached hydrogens (primary N) is 1. The van der Waals surface area contributed by atoms with Gasteiger partial charge in [-0.2, -0.15) is 0 Å². The molecular formula is C8H17NO. The molecule has 2 N–H and O–H groups in total. The molecule has 1 atom stereocenters. The molecule has 0 aromatic heterocycles. The van der Waals surface area contributed by atoms with Crippen molar-refractivity contribution < 1.29 is 4.79 Å².